The second-order valence-corrected chi connectivity index (χ2v) is 27.9. The van der Waals surface area contributed by atoms with E-state index in [2.05, 4.69) is 264 Å². The first-order chi connectivity index (χ1) is 66.9. The summed E-state index contributed by atoms with van der Waals surface area (Å²) < 4.78 is 46.7. The number of carbonyl (C=O) groups excluding carboxylic acids is 2. The highest BCUT2D eigenvalue weighted by molar-refractivity contribution is 5.86. The molecule has 142 heavy (non-hydrogen) atoms. The maximum Gasteiger partial charge on any atom is 0.332 e. The molecule has 0 heterocycles. The van der Waals surface area contributed by atoms with E-state index in [1.165, 1.54) is 213 Å². The molecule has 0 atom stereocenters. The first-order valence-electron chi connectivity index (χ1n) is 49.4. The normalized spacial score (nSPS) is 6.69. The predicted octanol–water partition coefficient (Wildman–Crippen LogP) is 45.6. The van der Waals surface area contributed by atoms with Crippen molar-refractivity contribution in [1.82, 2.24) is 0 Å². The van der Waals surface area contributed by atoms with Gasteiger partial charge in [-0.3, -0.25) is 0 Å². The summed E-state index contributed by atoms with van der Waals surface area (Å²) in [4.78, 5) is 20.0. The SMILES string of the molecule is C=C(C)C.C=C(C)C.C=C(C)C.C=C(C)C.C=C(C)C.C=C(C)C.C=C(C)C(=O)OC.C=CC.C=CC.C=CC.C=CC.C=CC.C=CC.C=CC.C=CC.C=CC.C=CC.C=CC.C=CC.C=CC.C=CC.C=CC.C=CC(=O)OC.C=COC.C=COCC.C=COCCC.C=COCCCC.C=COCCCCC.C=COCCCCCC.C=COCCCCCCC.C=COCCCCCCCC. The Morgan fingerprint density at radius 3 is 0.423 bits per heavy atom. The van der Waals surface area contributed by atoms with Crippen LogP contribution in [0.5, 0.6) is 0 Å². The van der Waals surface area contributed by atoms with Crippen LogP contribution in [0.25, 0.3) is 0 Å². The van der Waals surface area contributed by atoms with Crippen molar-refractivity contribution in [3.05, 3.63) is 390 Å². The summed E-state index contributed by atoms with van der Waals surface area (Å²) in [6, 6.07) is 0. The second kappa shape index (κ2) is 355. The van der Waals surface area contributed by atoms with E-state index in [1.54, 1.807) is 105 Å². The Morgan fingerprint density at radius 2 is 0.331 bits per heavy atom. The van der Waals surface area contributed by atoms with E-state index in [1.807, 2.05) is 194 Å². The monoisotopic (exact) mass is 2010 g/mol. The summed E-state index contributed by atoms with van der Waals surface area (Å²) in [5.74, 6) is -0.741. The zero-order valence-electron chi connectivity index (χ0n) is 103. The van der Waals surface area contributed by atoms with Gasteiger partial charge in [-0.25, -0.2) is 9.59 Å². The largest absolute Gasteiger partial charge is 0.505 e. The Kier molecular flexibility index (Phi) is 554. The van der Waals surface area contributed by atoms with Crippen LogP contribution >= 0.6 is 0 Å². The van der Waals surface area contributed by atoms with Gasteiger partial charge in [-0.2, -0.15) is 0 Å². The zero-order valence-corrected chi connectivity index (χ0v) is 103. The topological polar surface area (TPSA) is 126 Å². The molecule has 0 aromatic rings. The molecule has 0 N–H and O–H groups in total. The van der Waals surface area contributed by atoms with Gasteiger partial charge in [0.1, 0.15) is 0 Å². The molecule has 0 fully saturated rings. The van der Waals surface area contributed by atoms with Gasteiger partial charge in [-0.15, -0.1) is 138 Å². The minimum atomic E-state index is -0.394. The van der Waals surface area contributed by atoms with Gasteiger partial charge in [0, 0.05) is 11.6 Å². The average molecular weight is 2010 g/mol. The molecule has 0 aromatic heterocycles. The molecule has 0 saturated heterocycles. The van der Waals surface area contributed by atoms with Crippen LogP contribution in [0.2, 0.25) is 0 Å². The maximum absolute atomic E-state index is 10.2. The smallest absolute Gasteiger partial charge is 0.332 e. The number of allylic oxidation sites excluding steroid dienone is 21. The van der Waals surface area contributed by atoms with Crippen LogP contribution in [0.15, 0.2) is 390 Å². The zero-order chi connectivity index (χ0) is 120. The fraction of sp³-hybridized carbons (Fsp3) is 0.508. The summed E-state index contributed by atoms with van der Waals surface area (Å²) in [5.41, 5.74) is 7.43. The van der Waals surface area contributed by atoms with Gasteiger partial charge in [0.05, 0.1) is 118 Å². The number of rotatable bonds is 38. The van der Waals surface area contributed by atoms with Crippen molar-refractivity contribution in [1.29, 1.82) is 0 Å². The van der Waals surface area contributed by atoms with Crippen molar-refractivity contribution in [2.45, 2.75) is 377 Å². The van der Waals surface area contributed by atoms with Crippen LogP contribution in [0.3, 0.4) is 0 Å². The van der Waals surface area contributed by atoms with E-state index in [-0.39, 0.29) is 5.97 Å². The molecule has 0 bridgehead atoms. The molecule has 0 rings (SSSR count). The van der Waals surface area contributed by atoms with Crippen LogP contribution in [0.1, 0.15) is 377 Å². The minimum Gasteiger partial charge on any atom is -0.505 e. The lowest BCUT2D eigenvalue weighted by molar-refractivity contribution is -0.136. The molecule has 848 valence electrons. The van der Waals surface area contributed by atoms with E-state index >= 15 is 0 Å². The van der Waals surface area contributed by atoms with E-state index in [0.717, 1.165) is 71.6 Å². The molecular formula is C130H256O12. The molecular weight excluding hydrogens is 1750 g/mol. The summed E-state index contributed by atoms with van der Waals surface area (Å²) in [6.07, 6.45) is 65.6. The number of methoxy groups -OCH3 is 3. The molecule has 0 aliphatic rings. The van der Waals surface area contributed by atoms with Crippen LogP contribution in [-0.4, -0.2) is 79.5 Å². The number of carbonyl (C=O) groups is 2. The van der Waals surface area contributed by atoms with Crippen molar-refractivity contribution in [3.8, 4) is 0 Å². The van der Waals surface area contributed by atoms with Gasteiger partial charge < -0.3 is 47.4 Å². The Hall–Kier alpha value is -10.7. The second-order valence-electron chi connectivity index (χ2n) is 27.9. The lowest BCUT2D eigenvalue weighted by Gasteiger charge is -1.99. The Bertz CT molecular complexity index is 2100. The predicted molar refractivity (Wildman–Crippen MR) is 677 cm³/mol. The third-order valence-electron chi connectivity index (χ3n) is 7.96. The average Bonchev–Trinajstić information content (AvgIpc) is 1.05. The van der Waals surface area contributed by atoms with Gasteiger partial charge in [-0.1, -0.05) is 328 Å². The first kappa shape index (κ1) is 222. The minimum absolute atomic E-state index is 0.347. The number of hydrogen-bond donors (Lipinski definition) is 0. The molecule has 12 heteroatoms. The summed E-state index contributed by atoms with van der Waals surface area (Å²) in [5, 5.41) is 0. The third-order valence-corrected chi connectivity index (χ3v) is 7.96. The fourth-order valence-corrected chi connectivity index (χ4v) is 4.02. The number of ether oxygens (including phenoxy) is 10. The van der Waals surface area contributed by atoms with E-state index < -0.39 is 5.97 Å². The first-order valence-corrected chi connectivity index (χ1v) is 49.4. The molecule has 0 saturated carbocycles. The van der Waals surface area contributed by atoms with Crippen molar-refractivity contribution >= 4 is 11.9 Å². The lowest BCUT2D eigenvalue weighted by atomic mass is 10.1. The highest BCUT2D eigenvalue weighted by Crippen LogP contribution is 2.05. The van der Waals surface area contributed by atoms with E-state index in [9.17, 15) is 9.59 Å². The number of esters is 2. The van der Waals surface area contributed by atoms with Crippen molar-refractivity contribution in [2.24, 2.45) is 0 Å². The van der Waals surface area contributed by atoms with Crippen molar-refractivity contribution in [2.75, 3.05) is 67.6 Å². The van der Waals surface area contributed by atoms with Crippen LogP contribution in [-0.2, 0) is 57.0 Å². The Labute approximate surface area is 898 Å². The Morgan fingerprint density at radius 1 is 0.197 bits per heavy atom. The fourth-order valence-electron chi connectivity index (χ4n) is 4.02. The molecule has 0 aliphatic carbocycles. The summed E-state index contributed by atoms with van der Waals surface area (Å²) in [7, 11) is 4.20. The van der Waals surface area contributed by atoms with Crippen molar-refractivity contribution in [3.63, 3.8) is 0 Å². The standard InChI is InChI=1S/C10H20O.C9H18O.C8H16O.C7H14O.C6H12O.C5H8O2.C5H10O.C4H6O2.C4H8O.6C4H8.C3H6O.15C3H6/c1-3-5-6-7-8-9-10-11-4-2;1-3-5-6-7-8-9-10-4-2;1-3-5-6-7-8-9-4-2;1-3-5-6-7-8-4-2;1-3-5-6-7-4-2;1-4(2)5(6)7-3;1-3-5-6-4-2;1-3-4(5)6-2;1-3-5-4-2;6*1-4(2)3;1-3-4-2;15*1-3-2/h4H,2-3,5-10H2,1H3;4H,2-3,5-9H2,1H3;4H,2-3,5-8H2,1H3;4H,2-3,5-7H2,1H3;4H,2-3,5-6H2,1H3;1H2,2-3H3;4H,2-3,5H2,1H3;3H,1H2,2H3;3H,1,4H2,2H3;6*1H2,2-3H3;3H,1H2,2H3;15*3H,1H2,2H3. The van der Waals surface area contributed by atoms with Crippen LogP contribution < -0.4 is 0 Å². The quantitative estimate of drug-likeness (QED) is 0.0192. The molecule has 0 aliphatic heterocycles. The van der Waals surface area contributed by atoms with Gasteiger partial charge in [0.15, 0.2) is 0 Å². The summed E-state index contributed by atoms with van der Waals surface area (Å²) in [6.45, 7) is 180. The van der Waals surface area contributed by atoms with Gasteiger partial charge in [0.25, 0.3) is 0 Å². The van der Waals surface area contributed by atoms with Crippen molar-refractivity contribution < 1.29 is 57.0 Å². The van der Waals surface area contributed by atoms with Gasteiger partial charge >= 0.3 is 11.9 Å². The maximum atomic E-state index is 10.2. The number of hydrogen-bond acceptors (Lipinski definition) is 12. The molecule has 0 aromatic carbocycles. The van der Waals surface area contributed by atoms with E-state index in [4.69, 9.17) is 28.4 Å². The van der Waals surface area contributed by atoms with Gasteiger partial charge in [-0.05, 0) is 239 Å². The lowest BCUT2D eigenvalue weighted by Crippen LogP contribution is -1.98. The highest BCUT2D eigenvalue weighted by atomic mass is 16.5. The summed E-state index contributed by atoms with van der Waals surface area (Å²) >= 11 is 0. The highest BCUT2D eigenvalue weighted by Gasteiger charge is 1.96. The number of unbranched alkanes of at least 4 members (excludes halogenated alkanes) is 15. The van der Waals surface area contributed by atoms with E-state index in [0.29, 0.717) is 5.57 Å². The third kappa shape index (κ3) is 1710. The molecule has 0 amide bonds. The Balaban J connectivity index is -0.0000000313. The molecule has 0 unspecified atom stereocenters. The molecule has 0 radical (unpaired) electrons. The van der Waals surface area contributed by atoms with Crippen LogP contribution in [0.4, 0.5) is 0 Å². The van der Waals surface area contributed by atoms with Gasteiger partial charge in [0.2, 0.25) is 0 Å². The molecule has 0 spiro atoms. The van der Waals surface area contributed by atoms with Crippen LogP contribution in [0, 0.1) is 0 Å². The molecule has 12 nitrogen and oxygen atoms in total.